The Morgan fingerprint density at radius 3 is 2.45 bits per heavy atom. The van der Waals surface area contributed by atoms with Gasteiger partial charge in [0, 0.05) is 25.4 Å². The van der Waals surface area contributed by atoms with Gasteiger partial charge in [0.25, 0.3) is 0 Å². The molecule has 5 heteroatoms. The minimum atomic E-state index is -0.652. The van der Waals surface area contributed by atoms with Crippen LogP contribution in [-0.2, 0) is 22.6 Å². The maximum Gasteiger partial charge on any atom is 0.316 e. The normalized spacial score (nSPS) is 20.1. The van der Waals surface area contributed by atoms with Gasteiger partial charge in [0.05, 0.1) is 5.41 Å². The lowest BCUT2D eigenvalue weighted by Gasteiger charge is -2.39. The molecular weight excluding hydrogens is 366 g/mol. The zero-order valence-corrected chi connectivity index (χ0v) is 17.4. The molecule has 0 saturated heterocycles. The molecule has 0 aromatic heterocycles. The number of aryl methyl sites for hydroxylation is 1. The van der Waals surface area contributed by atoms with Gasteiger partial charge in [-0.3, -0.25) is 9.59 Å². The number of carbonyl (C=O) groups excluding carboxylic acids is 2. The third kappa shape index (κ3) is 3.79. The summed E-state index contributed by atoms with van der Waals surface area (Å²) in [6.45, 7) is 7.62. The second-order valence-electron chi connectivity index (χ2n) is 8.93. The molecule has 2 aromatic carbocycles. The molecule has 0 amide bonds. The average molecular weight is 393 g/mol. The molecule has 1 aliphatic carbocycles. The summed E-state index contributed by atoms with van der Waals surface area (Å²) in [5.74, 6) is 0.00839. The summed E-state index contributed by atoms with van der Waals surface area (Å²) in [4.78, 5) is 24.2. The minimum absolute atomic E-state index is 0.186. The number of carbonyl (C=O) groups is 2. The van der Waals surface area contributed by atoms with Crippen LogP contribution in [0.2, 0.25) is 0 Å². The van der Waals surface area contributed by atoms with Crippen LogP contribution in [0, 0.1) is 5.41 Å². The van der Waals surface area contributed by atoms with E-state index in [-0.39, 0.29) is 11.9 Å². The van der Waals surface area contributed by atoms with E-state index in [9.17, 15) is 9.59 Å². The SMILES string of the molecule is CC(=O)Oc1cc2c(cc1OC(=O)C(C)(C)C)CC[C@H]1NCc3ccccc3[C@H]21. The van der Waals surface area contributed by atoms with Crippen molar-refractivity contribution in [3.63, 3.8) is 0 Å². The molecule has 4 rings (SSSR count). The zero-order valence-electron chi connectivity index (χ0n) is 17.4. The molecule has 152 valence electrons. The highest BCUT2D eigenvalue weighted by molar-refractivity contribution is 5.79. The van der Waals surface area contributed by atoms with Crippen LogP contribution in [0.5, 0.6) is 11.5 Å². The average Bonchev–Trinajstić information content (AvgIpc) is 2.66. The number of rotatable bonds is 2. The van der Waals surface area contributed by atoms with Crippen molar-refractivity contribution in [3.05, 3.63) is 58.7 Å². The van der Waals surface area contributed by atoms with E-state index in [0.717, 1.165) is 30.5 Å². The van der Waals surface area contributed by atoms with Gasteiger partial charge in [0.2, 0.25) is 0 Å². The third-order valence-corrected chi connectivity index (χ3v) is 5.68. The number of fused-ring (bicyclic) bond motifs is 5. The van der Waals surface area contributed by atoms with E-state index in [4.69, 9.17) is 9.47 Å². The Balaban J connectivity index is 1.80. The number of hydrogen-bond donors (Lipinski definition) is 1. The zero-order chi connectivity index (χ0) is 20.8. The Kier molecular flexibility index (Phi) is 4.95. The topological polar surface area (TPSA) is 64.6 Å². The molecule has 0 fully saturated rings. The lowest BCUT2D eigenvalue weighted by molar-refractivity contribution is -0.143. The van der Waals surface area contributed by atoms with E-state index in [1.54, 1.807) is 20.8 Å². The van der Waals surface area contributed by atoms with Gasteiger partial charge in [0.15, 0.2) is 11.5 Å². The maximum atomic E-state index is 12.5. The van der Waals surface area contributed by atoms with Crippen molar-refractivity contribution in [1.29, 1.82) is 0 Å². The van der Waals surface area contributed by atoms with Crippen molar-refractivity contribution in [2.45, 2.75) is 59.0 Å². The van der Waals surface area contributed by atoms with Crippen molar-refractivity contribution in [3.8, 4) is 11.5 Å². The van der Waals surface area contributed by atoms with E-state index < -0.39 is 11.4 Å². The lowest BCUT2D eigenvalue weighted by Crippen LogP contribution is -2.42. The molecule has 0 bridgehead atoms. The Hall–Kier alpha value is -2.66. The first-order valence-corrected chi connectivity index (χ1v) is 10.1. The van der Waals surface area contributed by atoms with E-state index in [0.29, 0.717) is 17.5 Å². The van der Waals surface area contributed by atoms with Crippen molar-refractivity contribution >= 4 is 11.9 Å². The van der Waals surface area contributed by atoms with Gasteiger partial charge >= 0.3 is 11.9 Å². The molecule has 1 N–H and O–H groups in total. The van der Waals surface area contributed by atoms with Crippen molar-refractivity contribution in [1.82, 2.24) is 5.32 Å². The number of nitrogens with one attached hydrogen (secondary N) is 1. The number of hydrogen-bond acceptors (Lipinski definition) is 5. The van der Waals surface area contributed by atoms with Gasteiger partial charge in [0.1, 0.15) is 0 Å². The van der Waals surface area contributed by atoms with Gasteiger partial charge in [-0.2, -0.15) is 0 Å². The molecule has 29 heavy (non-hydrogen) atoms. The quantitative estimate of drug-likeness (QED) is 0.614. The van der Waals surface area contributed by atoms with Gasteiger partial charge < -0.3 is 14.8 Å². The van der Waals surface area contributed by atoms with Gasteiger partial charge in [-0.05, 0) is 68.0 Å². The molecule has 0 spiro atoms. The molecular formula is C24H27NO4. The summed E-state index contributed by atoms with van der Waals surface area (Å²) < 4.78 is 11.1. The maximum absolute atomic E-state index is 12.5. The van der Waals surface area contributed by atoms with Gasteiger partial charge in [-0.1, -0.05) is 24.3 Å². The summed E-state index contributed by atoms with van der Waals surface area (Å²) in [5, 5.41) is 3.65. The lowest BCUT2D eigenvalue weighted by atomic mass is 9.72. The van der Waals surface area contributed by atoms with Crippen LogP contribution < -0.4 is 14.8 Å². The summed E-state index contributed by atoms with van der Waals surface area (Å²) in [6.07, 6.45) is 1.89. The van der Waals surface area contributed by atoms with Crippen LogP contribution in [-0.4, -0.2) is 18.0 Å². The van der Waals surface area contributed by atoms with Crippen molar-refractivity contribution in [2.24, 2.45) is 5.41 Å². The Morgan fingerprint density at radius 1 is 1.00 bits per heavy atom. The fraction of sp³-hybridized carbons (Fsp3) is 0.417. The molecule has 1 aliphatic heterocycles. The number of esters is 2. The third-order valence-electron chi connectivity index (χ3n) is 5.68. The molecule has 0 saturated carbocycles. The second-order valence-corrected chi connectivity index (χ2v) is 8.93. The molecule has 5 nitrogen and oxygen atoms in total. The van der Waals surface area contributed by atoms with Crippen LogP contribution in [0.1, 0.15) is 62.3 Å². The van der Waals surface area contributed by atoms with Crippen LogP contribution in [0.3, 0.4) is 0 Å². The van der Waals surface area contributed by atoms with Crippen LogP contribution in [0.4, 0.5) is 0 Å². The summed E-state index contributed by atoms with van der Waals surface area (Å²) in [7, 11) is 0. The molecule has 1 heterocycles. The summed E-state index contributed by atoms with van der Waals surface area (Å²) >= 11 is 0. The first-order chi connectivity index (χ1) is 13.7. The predicted octanol–water partition coefficient (Wildman–Crippen LogP) is 4.11. The van der Waals surface area contributed by atoms with E-state index in [1.807, 2.05) is 12.1 Å². The Bertz CT molecular complexity index is 973. The highest BCUT2D eigenvalue weighted by Crippen LogP contribution is 2.45. The highest BCUT2D eigenvalue weighted by atomic mass is 16.6. The van der Waals surface area contributed by atoms with Crippen LogP contribution in [0.25, 0.3) is 0 Å². The fourth-order valence-corrected chi connectivity index (χ4v) is 4.23. The molecule has 0 radical (unpaired) electrons. The molecule has 0 unspecified atom stereocenters. The Morgan fingerprint density at radius 2 is 1.72 bits per heavy atom. The summed E-state index contributed by atoms with van der Waals surface area (Å²) in [6, 6.07) is 12.6. The highest BCUT2D eigenvalue weighted by Gasteiger charge is 2.36. The van der Waals surface area contributed by atoms with Crippen LogP contribution >= 0.6 is 0 Å². The van der Waals surface area contributed by atoms with Crippen LogP contribution in [0.15, 0.2) is 36.4 Å². The number of ether oxygens (including phenoxy) is 2. The largest absolute Gasteiger partial charge is 0.423 e. The van der Waals surface area contributed by atoms with E-state index in [1.165, 1.54) is 18.1 Å². The first-order valence-electron chi connectivity index (χ1n) is 10.1. The van der Waals surface area contributed by atoms with E-state index >= 15 is 0 Å². The predicted molar refractivity (Wildman–Crippen MR) is 110 cm³/mol. The van der Waals surface area contributed by atoms with Gasteiger partial charge in [-0.25, -0.2) is 0 Å². The number of benzene rings is 2. The Labute approximate surface area is 171 Å². The second kappa shape index (κ2) is 7.30. The summed E-state index contributed by atoms with van der Waals surface area (Å²) in [5.41, 5.74) is 4.22. The molecule has 2 aromatic rings. The fourth-order valence-electron chi connectivity index (χ4n) is 4.23. The molecule has 2 aliphatic rings. The molecule has 2 atom stereocenters. The van der Waals surface area contributed by atoms with Gasteiger partial charge in [-0.15, -0.1) is 0 Å². The minimum Gasteiger partial charge on any atom is -0.423 e. The smallest absolute Gasteiger partial charge is 0.316 e. The van der Waals surface area contributed by atoms with Crippen molar-refractivity contribution in [2.75, 3.05) is 0 Å². The van der Waals surface area contributed by atoms with E-state index in [2.05, 4.69) is 29.6 Å². The standard InChI is InChI=1S/C24H27NO4/c1-14(26)28-21-12-18-15(11-20(21)29-23(27)24(2,3)4)9-10-19-22(18)17-8-6-5-7-16(17)13-25-19/h5-8,11-12,19,22,25H,9-10,13H2,1-4H3/t19-,22-/m1/s1. The first kappa shape index (κ1) is 19.6. The monoisotopic (exact) mass is 393 g/mol. The van der Waals surface area contributed by atoms with Crippen molar-refractivity contribution < 1.29 is 19.1 Å².